The van der Waals surface area contributed by atoms with Gasteiger partial charge in [-0.15, -0.1) is 10.2 Å². The number of carbonyl (C=O) groups is 1. The molecule has 34 heavy (non-hydrogen) atoms. The Hall–Kier alpha value is -2.06. The smallest absolute Gasteiger partial charge is 0.260 e. The van der Waals surface area contributed by atoms with Gasteiger partial charge in [0.05, 0.1) is 0 Å². The van der Waals surface area contributed by atoms with Gasteiger partial charge < -0.3 is 14.5 Å². The number of halogens is 1. The molecule has 2 saturated heterocycles. The molecule has 4 aliphatic rings. The minimum atomic E-state index is -1.52. The number of rotatable bonds is 6. The summed E-state index contributed by atoms with van der Waals surface area (Å²) in [6.45, 7) is 6.17. The van der Waals surface area contributed by atoms with Gasteiger partial charge in [0.1, 0.15) is 17.4 Å². The van der Waals surface area contributed by atoms with Crippen LogP contribution in [0.15, 0.2) is 24.3 Å². The van der Waals surface area contributed by atoms with Gasteiger partial charge in [-0.1, -0.05) is 29.5 Å². The molecular weight excluding hydrogens is 451 g/mol. The number of hydrogen-bond acceptors (Lipinski definition) is 6. The van der Waals surface area contributed by atoms with Crippen molar-refractivity contribution >= 4 is 17.2 Å². The summed E-state index contributed by atoms with van der Waals surface area (Å²) in [5.41, 5.74) is 0.0310. The fourth-order valence-corrected chi connectivity index (χ4v) is 6.97. The van der Waals surface area contributed by atoms with Gasteiger partial charge in [-0.3, -0.25) is 4.79 Å². The molecule has 1 aromatic heterocycles. The van der Waals surface area contributed by atoms with E-state index in [0.29, 0.717) is 31.4 Å². The number of amides is 1. The van der Waals surface area contributed by atoms with E-state index in [1.165, 1.54) is 18.4 Å². The highest BCUT2D eigenvalue weighted by Gasteiger charge is 2.58. The van der Waals surface area contributed by atoms with Crippen LogP contribution in [0.4, 0.5) is 4.39 Å². The number of nitrogens with zero attached hydrogens (tertiary/aromatic N) is 4. The molecule has 6 nitrogen and oxygen atoms in total. The first-order valence-corrected chi connectivity index (χ1v) is 13.5. The molecule has 0 bridgehead atoms. The van der Waals surface area contributed by atoms with Crippen LogP contribution in [0.2, 0.25) is 0 Å². The van der Waals surface area contributed by atoms with Crippen LogP contribution in [0, 0.1) is 12.3 Å². The molecule has 2 aliphatic carbocycles. The van der Waals surface area contributed by atoms with Gasteiger partial charge in [0.25, 0.3) is 5.91 Å². The fourth-order valence-electron chi connectivity index (χ4n) is 6.35. The van der Waals surface area contributed by atoms with Crippen LogP contribution in [-0.2, 0) is 11.4 Å². The molecule has 1 aromatic carbocycles. The maximum Gasteiger partial charge on any atom is 0.260 e. The first-order chi connectivity index (χ1) is 16.4. The summed E-state index contributed by atoms with van der Waals surface area (Å²) in [5, 5.41) is 10.1. The summed E-state index contributed by atoms with van der Waals surface area (Å²) in [5.74, 6) is 1.23. The number of alkyl halides is 1. The molecule has 1 atom stereocenters. The highest BCUT2D eigenvalue weighted by atomic mass is 32.1. The molecule has 182 valence electrons. The third kappa shape index (κ3) is 4.24. The minimum Gasteiger partial charge on any atom is -0.486 e. The summed E-state index contributed by atoms with van der Waals surface area (Å²) in [4.78, 5) is 16.7. The first-order valence-electron chi connectivity index (χ1n) is 12.7. The van der Waals surface area contributed by atoms with E-state index in [2.05, 4.69) is 33.3 Å². The van der Waals surface area contributed by atoms with Crippen molar-refractivity contribution in [2.75, 3.05) is 26.2 Å². The quantitative estimate of drug-likeness (QED) is 0.605. The summed E-state index contributed by atoms with van der Waals surface area (Å²) in [6.07, 6.45) is 6.64. The molecule has 0 N–H and O–H groups in total. The molecule has 6 rings (SSSR count). The van der Waals surface area contributed by atoms with Gasteiger partial charge in [0, 0.05) is 24.5 Å². The Labute approximate surface area is 204 Å². The van der Waals surface area contributed by atoms with Crippen LogP contribution in [-0.4, -0.2) is 63.8 Å². The van der Waals surface area contributed by atoms with Crippen molar-refractivity contribution in [3.05, 3.63) is 39.8 Å². The number of hydrogen-bond donors (Lipinski definition) is 0. The number of ether oxygens (including phenoxy) is 1. The van der Waals surface area contributed by atoms with Crippen LogP contribution < -0.4 is 4.74 Å². The zero-order valence-corrected chi connectivity index (χ0v) is 20.7. The van der Waals surface area contributed by atoms with Crippen molar-refractivity contribution in [1.82, 2.24) is 20.0 Å². The number of aromatic nitrogens is 2. The highest BCUT2D eigenvalue weighted by Crippen LogP contribution is 2.51. The Morgan fingerprint density at radius 1 is 1.15 bits per heavy atom. The number of aryl methyl sites for hydroxylation is 1. The second-order valence-corrected chi connectivity index (χ2v) is 12.1. The SMILES string of the molecule is Cc1nnc(COc2ccccc2C2CCN([C@H]3CCC4(C3)CN(C(=O)C3(F)CC3)C4)CC2)s1. The topological polar surface area (TPSA) is 58.6 Å². The summed E-state index contributed by atoms with van der Waals surface area (Å²) in [6, 6.07) is 9.03. The molecular formula is C26H33FN4O2S. The Morgan fingerprint density at radius 3 is 2.62 bits per heavy atom. The maximum atomic E-state index is 14.1. The minimum absolute atomic E-state index is 0.242. The molecule has 8 heteroatoms. The van der Waals surface area contributed by atoms with E-state index in [4.69, 9.17) is 4.74 Å². The van der Waals surface area contributed by atoms with Gasteiger partial charge in [0.15, 0.2) is 10.7 Å². The van der Waals surface area contributed by atoms with Crippen LogP contribution in [0.3, 0.4) is 0 Å². The van der Waals surface area contributed by atoms with Gasteiger partial charge in [-0.2, -0.15) is 0 Å². The molecule has 2 saturated carbocycles. The van der Waals surface area contributed by atoms with E-state index >= 15 is 0 Å². The van der Waals surface area contributed by atoms with Crippen molar-refractivity contribution in [3.63, 3.8) is 0 Å². The molecule has 0 unspecified atom stereocenters. The number of piperidine rings is 1. The largest absolute Gasteiger partial charge is 0.486 e. The van der Waals surface area contributed by atoms with E-state index in [0.717, 1.165) is 61.2 Å². The van der Waals surface area contributed by atoms with Gasteiger partial charge >= 0.3 is 0 Å². The molecule has 1 spiro atoms. The van der Waals surface area contributed by atoms with E-state index in [1.54, 1.807) is 16.2 Å². The van der Waals surface area contributed by atoms with Crippen LogP contribution in [0.25, 0.3) is 0 Å². The third-order valence-corrected chi connectivity index (χ3v) is 9.22. The maximum absolute atomic E-state index is 14.1. The van der Waals surface area contributed by atoms with Gasteiger partial charge in [-0.05, 0) is 82.5 Å². The number of para-hydroxylation sites is 1. The Balaban J connectivity index is 1.01. The van der Waals surface area contributed by atoms with Crippen molar-refractivity contribution in [1.29, 1.82) is 0 Å². The molecule has 4 fully saturated rings. The van der Waals surface area contributed by atoms with Crippen LogP contribution in [0.1, 0.15) is 66.4 Å². The zero-order chi connectivity index (χ0) is 23.3. The Bertz CT molecular complexity index is 1060. The summed E-state index contributed by atoms with van der Waals surface area (Å²) >= 11 is 1.58. The van der Waals surface area contributed by atoms with E-state index < -0.39 is 5.67 Å². The molecule has 0 radical (unpaired) electrons. The predicted molar refractivity (Wildman–Crippen MR) is 129 cm³/mol. The highest BCUT2D eigenvalue weighted by molar-refractivity contribution is 7.11. The van der Waals surface area contributed by atoms with E-state index in [9.17, 15) is 9.18 Å². The van der Waals surface area contributed by atoms with Crippen molar-refractivity contribution in [3.8, 4) is 5.75 Å². The first kappa shape index (κ1) is 22.4. The molecule has 3 heterocycles. The second kappa shape index (κ2) is 8.55. The van der Waals surface area contributed by atoms with Crippen molar-refractivity contribution in [2.24, 2.45) is 5.41 Å². The lowest BCUT2D eigenvalue weighted by Crippen LogP contribution is -2.60. The van der Waals surface area contributed by atoms with Gasteiger partial charge in [-0.25, -0.2) is 4.39 Å². The lowest BCUT2D eigenvalue weighted by Gasteiger charge is -2.49. The lowest BCUT2D eigenvalue weighted by molar-refractivity contribution is -0.150. The third-order valence-electron chi connectivity index (χ3n) is 8.41. The predicted octanol–water partition coefficient (Wildman–Crippen LogP) is 4.49. The molecule has 2 aliphatic heterocycles. The van der Waals surface area contributed by atoms with Crippen LogP contribution >= 0.6 is 11.3 Å². The average Bonchev–Trinajstić information content (AvgIpc) is 3.23. The standard InChI is InChI=1S/C26H33FN4O2S/c1-18-28-29-23(34-18)15-33-22-5-3-2-4-21(22)19-7-12-30(13-8-19)20-6-9-25(14-20)16-31(17-25)24(32)26(27)10-11-26/h2-5,19-20H,6-17H2,1H3/t20-/m0/s1. The van der Waals surface area contributed by atoms with Crippen molar-refractivity contribution < 1.29 is 13.9 Å². The number of benzene rings is 1. The van der Waals surface area contributed by atoms with Gasteiger partial charge in [0.2, 0.25) is 0 Å². The molecule has 2 aromatic rings. The van der Waals surface area contributed by atoms with Crippen LogP contribution in [0.5, 0.6) is 5.75 Å². The lowest BCUT2D eigenvalue weighted by atomic mass is 9.77. The monoisotopic (exact) mass is 484 g/mol. The van der Waals surface area contributed by atoms with E-state index in [1.807, 2.05) is 13.0 Å². The molecule has 1 amide bonds. The number of likely N-dealkylation sites (tertiary alicyclic amines) is 2. The summed E-state index contributed by atoms with van der Waals surface area (Å²) in [7, 11) is 0. The average molecular weight is 485 g/mol. The Morgan fingerprint density at radius 2 is 1.91 bits per heavy atom. The summed E-state index contributed by atoms with van der Waals surface area (Å²) < 4.78 is 20.3. The van der Waals surface area contributed by atoms with E-state index in [-0.39, 0.29) is 11.3 Å². The fraction of sp³-hybridized carbons (Fsp3) is 0.654. The van der Waals surface area contributed by atoms with Crippen molar-refractivity contribution in [2.45, 2.75) is 76.1 Å². The Kier molecular flexibility index (Phi) is 5.64. The zero-order valence-electron chi connectivity index (χ0n) is 19.8. The second-order valence-electron chi connectivity index (χ2n) is 10.9. The normalized spacial score (nSPS) is 25.9. The number of carbonyl (C=O) groups excluding carboxylic acids is 1.